The van der Waals surface area contributed by atoms with Crippen LogP contribution in [0.1, 0.15) is 17.0 Å². The number of aryl methyl sites for hydroxylation is 1. The molecule has 3 nitrogen and oxygen atoms in total. The first-order valence-electron chi connectivity index (χ1n) is 7.03. The van der Waals surface area contributed by atoms with Gasteiger partial charge in [0.25, 0.3) is 0 Å². The minimum absolute atomic E-state index is 0.806. The summed E-state index contributed by atoms with van der Waals surface area (Å²) in [7, 11) is 0. The highest BCUT2D eigenvalue weighted by Crippen LogP contribution is 2.24. The van der Waals surface area contributed by atoms with E-state index in [1.54, 1.807) is 11.8 Å². The van der Waals surface area contributed by atoms with E-state index in [1.165, 1.54) is 11.1 Å². The molecule has 5 heteroatoms. The lowest BCUT2D eigenvalue weighted by Gasteiger charge is -2.08. The lowest BCUT2D eigenvalue weighted by atomic mass is 10.2. The molecule has 0 amide bonds. The molecule has 3 rings (SSSR count). The average molecular weight is 374 g/mol. The van der Waals surface area contributed by atoms with Gasteiger partial charge < -0.3 is 4.57 Å². The summed E-state index contributed by atoms with van der Waals surface area (Å²) >= 11 is 5.23. The Hall–Kier alpha value is -1.59. The van der Waals surface area contributed by atoms with Crippen molar-refractivity contribution >= 4 is 27.7 Å². The zero-order chi connectivity index (χ0) is 15.4. The number of rotatable bonds is 5. The van der Waals surface area contributed by atoms with Gasteiger partial charge in [0.2, 0.25) is 0 Å². The van der Waals surface area contributed by atoms with Crippen molar-refractivity contribution in [2.75, 3.05) is 0 Å². The maximum atomic E-state index is 4.31. The number of hydrogen-bond acceptors (Lipinski definition) is 3. The zero-order valence-corrected chi connectivity index (χ0v) is 14.6. The zero-order valence-electron chi connectivity index (χ0n) is 12.2. The van der Waals surface area contributed by atoms with Crippen LogP contribution in [0.5, 0.6) is 0 Å². The van der Waals surface area contributed by atoms with Gasteiger partial charge in [0.05, 0.1) is 6.54 Å². The fourth-order valence-corrected chi connectivity index (χ4v) is 3.56. The van der Waals surface area contributed by atoms with Crippen molar-refractivity contribution in [2.45, 2.75) is 24.4 Å². The third-order valence-electron chi connectivity index (χ3n) is 3.34. The molecule has 0 unspecified atom stereocenters. The van der Waals surface area contributed by atoms with Crippen molar-refractivity contribution in [3.05, 3.63) is 76.0 Å². The molecule has 0 fully saturated rings. The van der Waals surface area contributed by atoms with Crippen LogP contribution in [0.25, 0.3) is 0 Å². The van der Waals surface area contributed by atoms with E-state index in [0.29, 0.717) is 0 Å². The normalized spacial score (nSPS) is 10.8. The second-order valence-corrected chi connectivity index (χ2v) is 6.88. The SMILES string of the molecule is Cc1nnc(SCc2cccc(Br)c2)n1Cc1ccccc1. The molecule has 0 aliphatic rings. The lowest BCUT2D eigenvalue weighted by Crippen LogP contribution is -2.03. The molecule has 112 valence electrons. The third kappa shape index (κ3) is 3.78. The summed E-state index contributed by atoms with van der Waals surface area (Å²) in [6, 6.07) is 18.8. The van der Waals surface area contributed by atoms with Gasteiger partial charge in [-0.05, 0) is 30.2 Å². The third-order valence-corrected chi connectivity index (χ3v) is 4.87. The first-order chi connectivity index (χ1) is 10.7. The summed E-state index contributed by atoms with van der Waals surface area (Å²) < 4.78 is 3.27. The van der Waals surface area contributed by atoms with E-state index < -0.39 is 0 Å². The number of benzene rings is 2. The highest BCUT2D eigenvalue weighted by atomic mass is 79.9. The highest BCUT2D eigenvalue weighted by Gasteiger charge is 2.10. The van der Waals surface area contributed by atoms with Crippen LogP contribution in [0.15, 0.2) is 64.2 Å². The second-order valence-electron chi connectivity index (χ2n) is 5.02. The quantitative estimate of drug-likeness (QED) is 0.607. The number of nitrogens with zero attached hydrogens (tertiary/aromatic N) is 3. The number of halogens is 1. The summed E-state index contributed by atoms with van der Waals surface area (Å²) in [5.41, 5.74) is 2.53. The Balaban J connectivity index is 1.74. The maximum absolute atomic E-state index is 4.31. The Bertz CT molecular complexity index is 756. The molecule has 1 heterocycles. The number of aromatic nitrogens is 3. The summed E-state index contributed by atoms with van der Waals surface area (Å²) in [5.74, 6) is 1.83. The molecule has 22 heavy (non-hydrogen) atoms. The summed E-state index contributed by atoms with van der Waals surface area (Å²) in [6.07, 6.45) is 0. The van der Waals surface area contributed by atoms with Gasteiger partial charge in [0.15, 0.2) is 5.16 Å². The van der Waals surface area contributed by atoms with Crippen molar-refractivity contribution < 1.29 is 0 Å². The van der Waals surface area contributed by atoms with Crippen molar-refractivity contribution in [3.63, 3.8) is 0 Å². The number of thioether (sulfide) groups is 1. The molecule has 0 saturated heterocycles. The Morgan fingerprint density at radius 2 is 1.77 bits per heavy atom. The van der Waals surface area contributed by atoms with E-state index in [-0.39, 0.29) is 0 Å². The van der Waals surface area contributed by atoms with Gasteiger partial charge >= 0.3 is 0 Å². The smallest absolute Gasteiger partial charge is 0.191 e. The predicted molar refractivity (Wildman–Crippen MR) is 94.0 cm³/mol. The fourth-order valence-electron chi connectivity index (χ4n) is 2.19. The van der Waals surface area contributed by atoms with Crippen LogP contribution in [0.3, 0.4) is 0 Å². The van der Waals surface area contributed by atoms with E-state index >= 15 is 0 Å². The van der Waals surface area contributed by atoms with Crippen molar-refractivity contribution in [2.24, 2.45) is 0 Å². The van der Waals surface area contributed by atoms with Crippen LogP contribution in [0, 0.1) is 6.92 Å². The van der Waals surface area contributed by atoms with E-state index in [4.69, 9.17) is 0 Å². The monoisotopic (exact) mass is 373 g/mol. The van der Waals surface area contributed by atoms with Crippen molar-refractivity contribution in [1.82, 2.24) is 14.8 Å². The van der Waals surface area contributed by atoms with Gasteiger partial charge in [-0.1, -0.05) is 70.2 Å². The lowest BCUT2D eigenvalue weighted by molar-refractivity contribution is 0.688. The Labute approximate surface area is 142 Å². The minimum atomic E-state index is 0.806. The Kier molecular flexibility index (Phi) is 4.95. The Morgan fingerprint density at radius 1 is 1.00 bits per heavy atom. The van der Waals surface area contributed by atoms with Gasteiger partial charge in [-0.15, -0.1) is 10.2 Å². The van der Waals surface area contributed by atoms with Gasteiger partial charge in [-0.3, -0.25) is 0 Å². The molecule has 2 aromatic carbocycles. The molecule has 0 atom stereocenters. The molecule has 0 aliphatic carbocycles. The molecule has 3 aromatic rings. The molecule has 1 aromatic heterocycles. The van der Waals surface area contributed by atoms with Crippen LogP contribution in [0.2, 0.25) is 0 Å². The largest absolute Gasteiger partial charge is 0.302 e. The Morgan fingerprint density at radius 3 is 2.55 bits per heavy atom. The van der Waals surface area contributed by atoms with Crippen LogP contribution in [0.4, 0.5) is 0 Å². The summed E-state index contributed by atoms with van der Waals surface area (Å²) in [6.45, 7) is 2.81. The molecule has 0 bridgehead atoms. The summed E-state index contributed by atoms with van der Waals surface area (Å²) in [4.78, 5) is 0. The van der Waals surface area contributed by atoms with Gasteiger partial charge in [0.1, 0.15) is 5.82 Å². The van der Waals surface area contributed by atoms with Crippen molar-refractivity contribution in [1.29, 1.82) is 0 Å². The topological polar surface area (TPSA) is 30.7 Å². The number of hydrogen-bond donors (Lipinski definition) is 0. The average Bonchev–Trinajstić information content (AvgIpc) is 2.87. The van der Waals surface area contributed by atoms with Crippen LogP contribution < -0.4 is 0 Å². The first kappa shape index (κ1) is 15.3. The molecule has 0 spiro atoms. The van der Waals surface area contributed by atoms with Crippen molar-refractivity contribution in [3.8, 4) is 0 Å². The van der Waals surface area contributed by atoms with Crippen LogP contribution in [-0.4, -0.2) is 14.8 Å². The molecule has 0 N–H and O–H groups in total. The predicted octanol–water partition coefficient (Wildman–Crippen LogP) is 4.69. The van der Waals surface area contributed by atoms with Gasteiger partial charge in [0, 0.05) is 10.2 Å². The van der Waals surface area contributed by atoms with E-state index in [1.807, 2.05) is 19.1 Å². The standard InChI is InChI=1S/C17H16BrN3S/c1-13-19-20-17(21(13)11-14-6-3-2-4-7-14)22-12-15-8-5-9-16(18)10-15/h2-10H,11-12H2,1H3. The van der Waals surface area contributed by atoms with Crippen LogP contribution in [-0.2, 0) is 12.3 Å². The van der Waals surface area contributed by atoms with Gasteiger partial charge in [-0.2, -0.15) is 0 Å². The molecular weight excluding hydrogens is 358 g/mol. The van der Waals surface area contributed by atoms with E-state index in [9.17, 15) is 0 Å². The maximum Gasteiger partial charge on any atom is 0.191 e. The molecule has 0 saturated carbocycles. The highest BCUT2D eigenvalue weighted by molar-refractivity contribution is 9.10. The molecule has 0 aliphatic heterocycles. The first-order valence-corrected chi connectivity index (χ1v) is 8.81. The molecule has 0 radical (unpaired) electrons. The van der Waals surface area contributed by atoms with E-state index in [0.717, 1.165) is 27.8 Å². The second kappa shape index (κ2) is 7.11. The fraction of sp³-hybridized carbons (Fsp3) is 0.176. The minimum Gasteiger partial charge on any atom is -0.302 e. The van der Waals surface area contributed by atoms with Crippen LogP contribution >= 0.6 is 27.7 Å². The summed E-state index contributed by atoms with van der Waals surface area (Å²) in [5, 5.41) is 9.50. The van der Waals surface area contributed by atoms with Gasteiger partial charge in [-0.25, -0.2) is 0 Å². The molecular formula is C17H16BrN3S. The van der Waals surface area contributed by atoms with E-state index in [2.05, 4.69) is 73.2 Å².